The molecule has 1 fully saturated rings. The summed E-state index contributed by atoms with van der Waals surface area (Å²) in [6, 6.07) is 5.84. The van der Waals surface area contributed by atoms with Crippen LogP contribution in [0.5, 0.6) is 0 Å². The number of aromatic nitrogens is 3. The SMILES string of the molecule is Cc1c(Cl)cccc1-n1nnc(CN)c1C1CC1. The fourth-order valence-corrected chi connectivity index (χ4v) is 2.40. The highest BCUT2D eigenvalue weighted by atomic mass is 35.5. The second kappa shape index (κ2) is 4.37. The zero-order valence-electron chi connectivity index (χ0n) is 10.2. The minimum atomic E-state index is 0.436. The summed E-state index contributed by atoms with van der Waals surface area (Å²) >= 11 is 6.17. The fourth-order valence-electron chi connectivity index (χ4n) is 2.23. The molecule has 0 amide bonds. The largest absolute Gasteiger partial charge is 0.325 e. The van der Waals surface area contributed by atoms with E-state index in [0.29, 0.717) is 12.5 Å². The van der Waals surface area contributed by atoms with Gasteiger partial charge in [0.2, 0.25) is 0 Å². The van der Waals surface area contributed by atoms with Gasteiger partial charge >= 0.3 is 0 Å². The van der Waals surface area contributed by atoms with Crippen LogP contribution < -0.4 is 5.73 Å². The quantitative estimate of drug-likeness (QED) is 0.925. The van der Waals surface area contributed by atoms with Gasteiger partial charge in [0.05, 0.1) is 11.4 Å². The van der Waals surface area contributed by atoms with E-state index in [1.807, 2.05) is 29.8 Å². The van der Waals surface area contributed by atoms with Crippen LogP contribution in [0.3, 0.4) is 0 Å². The monoisotopic (exact) mass is 262 g/mol. The lowest BCUT2D eigenvalue weighted by atomic mass is 10.1. The summed E-state index contributed by atoms with van der Waals surface area (Å²) in [5.74, 6) is 0.553. The van der Waals surface area contributed by atoms with Gasteiger partial charge < -0.3 is 5.73 Å². The van der Waals surface area contributed by atoms with Crippen molar-refractivity contribution in [2.75, 3.05) is 0 Å². The predicted molar refractivity (Wildman–Crippen MR) is 71.0 cm³/mol. The minimum Gasteiger partial charge on any atom is -0.325 e. The van der Waals surface area contributed by atoms with Crippen molar-refractivity contribution in [2.45, 2.75) is 32.2 Å². The molecule has 0 unspecified atom stereocenters. The number of rotatable bonds is 3. The van der Waals surface area contributed by atoms with Crippen LogP contribution in [0.2, 0.25) is 5.02 Å². The molecule has 0 aliphatic heterocycles. The van der Waals surface area contributed by atoms with Gasteiger partial charge in [-0.1, -0.05) is 22.9 Å². The Morgan fingerprint density at radius 1 is 1.44 bits per heavy atom. The maximum absolute atomic E-state index is 6.17. The van der Waals surface area contributed by atoms with Gasteiger partial charge in [0.1, 0.15) is 5.69 Å². The van der Waals surface area contributed by atoms with Gasteiger partial charge in [0, 0.05) is 17.5 Å². The first-order valence-electron chi connectivity index (χ1n) is 6.12. The molecule has 0 radical (unpaired) electrons. The highest BCUT2D eigenvalue weighted by Crippen LogP contribution is 2.42. The molecule has 1 aromatic carbocycles. The smallest absolute Gasteiger partial charge is 0.100 e. The normalized spacial score (nSPS) is 15.1. The number of halogens is 1. The van der Waals surface area contributed by atoms with Crippen molar-refractivity contribution in [3.8, 4) is 5.69 Å². The van der Waals surface area contributed by atoms with E-state index >= 15 is 0 Å². The van der Waals surface area contributed by atoms with Crippen LogP contribution in [0.1, 0.15) is 35.7 Å². The molecule has 1 aliphatic rings. The number of nitrogens with zero attached hydrogens (tertiary/aromatic N) is 3. The van der Waals surface area contributed by atoms with E-state index < -0.39 is 0 Å². The standard InChI is InChI=1S/C13H15ClN4/c1-8-10(14)3-2-4-12(8)18-13(9-5-6-9)11(7-15)16-17-18/h2-4,9H,5-7,15H2,1H3. The van der Waals surface area contributed by atoms with E-state index in [1.165, 1.54) is 12.8 Å². The maximum atomic E-state index is 6.17. The summed E-state index contributed by atoms with van der Waals surface area (Å²) in [7, 11) is 0. The topological polar surface area (TPSA) is 56.7 Å². The fraction of sp³-hybridized carbons (Fsp3) is 0.385. The van der Waals surface area contributed by atoms with E-state index in [-0.39, 0.29) is 0 Å². The van der Waals surface area contributed by atoms with Crippen LogP contribution in [-0.2, 0) is 6.54 Å². The van der Waals surface area contributed by atoms with Gasteiger partial charge in [-0.2, -0.15) is 0 Å². The molecular weight excluding hydrogens is 248 g/mol. The van der Waals surface area contributed by atoms with Crippen LogP contribution in [0.15, 0.2) is 18.2 Å². The van der Waals surface area contributed by atoms with Crippen LogP contribution in [0.25, 0.3) is 5.69 Å². The highest BCUT2D eigenvalue weighted by Gasteiger charge is 2.31. The van der Waals surface area contributed by atoms with Gasteiger partial charge in [-0.25, -0.2) is 4.68 Å². The minimum absolute atomic E-state index is 0.436. The molecule has 0 saturated heterocycles. The molecule has 5 heteroatoms. The van der Waals surface area contributed by atoms with Gasteiger partial charge in [-0.3, -0.25) is 0 Å². The van der Waals surface area contributed by atoms with E-state index in [0.717, 1.165) is 27.7 Å². The summed E-state index contributed by atoms with van der Waals surface area (Å²) in [4.78, 5) is 0. The molecule has 1 aliphatic carbocycles. The molecule has 4 nitrogen and oxygen atoms in total. The zero-order valence-corrected chi connectivity index (χ0v) is 11.0. The Kier molecular flexibility index (Phi) is 2.84. The zero-order chi connectivity index (χ0) is 12.7. The molecule has 18 heavy (non-hydrogen) atoms. The van der Waals surface area contributed by atoms with Gasteiger partial charge in [0.15, 0.2) is 0 Å². The molecule has 2 N–H and O–H groups in total. The first kappa shape index (κ1) is 11.7. The Morgan fingerprint density at radius 2 is 2.22 bits per heavy atom. The summed E-state index contributed by atoms with van der Waals surface area (Å²) in [5, 5.41) is 9.19. The number of hydrogen-bond donors (Lipinski definition) is 1. The Bertz CT molecular complexity index is 587. The van der Waals surface area contributed by atoms with Crippen LogP contribution in [0, 0.1) is 6.92 Å². The predicted octanol–water partition coefficient (Wildman–Crippen LogP) is 2.57. The Hall–Kier alpha value is -1.39. The molecule has 3 rings (SSSR count). The molecule has 0 bridgehead atoms. The highest BCUT2D eigenvalue weighted by molar-refractivity contribution is 6.31. The first-order valence-corrected chi connectivity index (χ1v) is 6.50. The molecule has 1 saturated carbocycles. The Morgan fingerprint density at radius 3 is 2.89 bits per heavy atom. The van der Waals surface area contributed by atoms with Crippen LogP contribution in [-0.4, -0.2) is 15.0 Å². The maximum Gasteiger partial charge on any atom is 0.100 e. The van der Waals surface area contributed by atoms with E-state index in [1.54, 1.807) is 0 Å². The molecule has 1 aromatic heterocycles. The van der Waals surface area contributed by atoms with Gasteiger partial charge in [-0.15, -0.1) is 5.10 Å². The summed E-state index contributed by atoms with van der Waals surface area (Å²) in [6.45, 7) is 2.43. The molecule has 0 atom stereocenters. The van der Waals surface area contributed by atoms with Gasteiger partial charge in [-0.05, 0) is 37.5 Å². The van der Waals surface area contributed by atoms with E-state index in [9.17, 15) is 0 Å². The van der Waals surface area contributed by atoms with Crippen molar-refractivity contribution in [2.24, 2.45) is 5.73 Å². The van der Waals surface area contributed by atoms with Crippen molar-refractivity contribution >= 4 is 11.6 Å². The summed E-state index contributed by atoms with van der Waals surface area (Å²) in [5.41, 5.74) is 9.81. The third kappa shape index (κ3) is 1.82. The lowest BCUT2D eigenvalue weighted by Gasteiger charge is -2.10. The third-order valence-corrected chi connectivity index (χ3v) is 3.81. The molecule has 0 spiro atoms. The third-order valence-electron chi connectivity index (χ3n) is 3.40. The summed E-state index contributed by atoms with van der Waals surface area (Å²) in [6.07, 6.45) is 2.39. The number of nitrogens with two attached hydrogens (primary N) is 1. The average molecular weight is 263 g/mol. The summed E-state index contributed by atoms with van der Waals surface area (Å²) < 4.78 is 1.90. The Balaban J connectivity index is 2.17. The van der Waals surface area contributed by atoms with Crippen molar-refractivity contribution in [3.63, 3.8) is 0 Å². The second-order valence-electron chi connectivity index (χ2n) is 4.70. The van der Waals surface area contributed by atoms with Crippen LogP contribution >= 0.6 is 11.6 Å². The van der Waals surface area contributed by atoms with E-state index in [4.69, 9.17) is 17.3 Å². The molecule has 2 aromatic rings. The molecule has 1 heterocycles. The second-order valence-corrected chi connectivity index (χ2v) is 5.10. The molecular formula is C13H15ClN4. The number of benzene rings is 1. The van der Waals surface area contributed by atoms with Crippen molar-refractivity contribution in [1.82, 2.24) is 15.0 Å². The first-order chi connectivity index (χ1) is 8.72. The molecule has 94 valence electrons. The van der Waals surface area contributed by atoms with Crippen LogP contribution in [0.4, 0.5) is 0 Å². The van der Waals surface area contributed by atoms with Gasteiger partial charge in [0.25, 0.3) is 0 Å². The van der Waals surface area contributed by atoms with Crippen molar-refractivity contribution < 1.29 is 0 Å². The van der Waals surface area contributed by atoms with E-state index in [2.05, 4.69) is 10.3 Å². The average Bonchev–Trinajstić information content (AvgIpc) is 3.12. The lowest BCUT2D eigenvalue weighted by molar-refractivity contribution is 0.759. The lowest BCUT2D eigenvalue weighted by Crippen LogP contribution is -2.06. The van der Waals surface area contributed by atoms with Crippen molar-refractivity contribution in [1.29, 1.82) is 0 Å². The Labute approximate surface area is 111 Å². The van der Waals surface area contributed by atoms with Crippen molar-refractivity contribution in [3.05, 3.63) is 40.2 Å². The number of hydrogen-bond acceptors (Lipinski definition) is 3.